The first-order valence-corrected chi connectivity index (χ1v) is 7.92. The quantitative estimate of drug-likeness (QED) is 0.891. The van der Waals surface area contributed by atoms with Crippen molar-refractivity contribution in [3.8, 4) is 0 Å². The van der Waals surface area contributed by atoms with Crippen molar-refractivity contribution in [2.24, 2.45) is 0 Å². The van der Waals surface area contributed by atoms with Crippen molar-refractivity contribution in [1.29, 1.82) is 0 Å². The van der Waals surface area contributed by atoms with Crippen LogP contribution in [0.3, 0.4) is 0 Å². The lowest BCUT2D eigenvalue weighted by molar-refractivity contribution is 0.0680. The molecule has 23 heavy (non-hydrogen) atoms. The van der Waals surface area contributed by atoms with Crippen LogP contribution < -0.4 is 5.32 Å². The minimum Gasteiger partial charge on any atom is -0.383 e. The summed E-state index contributed by atoms with van der Waals surface area (Å²) in [7, 11) is 1.66. The summed E-state index contributed by atoms with van der Waals surface area (Å²) in [5.41, 5.74) is 4.38. The standard InChI is InChI=1S/C19H22N2O2/c1-23-10-9-21(14-15-5-3-2-4-6-15)19(22)16-7-8-17-12-20-13-18(17)11-16/h2-8,11,20H,9-10,12-14H2,1H3. The number of carbonyl (C=O) groups is 1. The maximum Gasteiger partial charge on any atom is 0.254 e. The van der Waals surface area contributed by atoms with Gasteiger partial charge < -0.3 is 15.0 Å². The predicted molar refractivity (Wildman–Crippen MR) is 90.0 cm³/mol. The van der Waals surface area contributed by atoms with E-state index in [0.29, 0.717) is 19.7 Å². The summed E-state index contributed by atoms with van der Waals surface area (Å²) < 4.78 is 5.17. The molecule has 0 aromatic heterocycles. The van der Waals surface area contributed by atoms with Gasteiger partial charge in [-0.3, -0.25) is 4.79 Å². The van der Waals surface area contributed by atoms with Gasteiger partial charge in [0.1, 0.15) is 0 Å². The largest absolute Gasteiger partial charge is 0.383 e. The summed E-state index contributed by atoms with van der Waals surface area (Å²) in [4.78, 5) is 14.8. The third kappa shape index (κ3) is 3.78. The summed E-state index contributed by atoms with van der Waals surface area (Å²) in [6.07, 6.45) is 0. The van der Waals surface area contributed by atoms with E-state index in [9.17, 15) is 4.79 Å². The van der Waals surface area contributed by atoms with Crippen LogP contribution in [0.5, 0.6) is 0 Å². The highest BCUT2D eigenvalue weighted by Crippen LogP contribution is 2.19. The number of carbonyl (C=O) groups excluding carboxylic acids is 1. The summed E-state index contributed by atoms with van der Waals surface area (Å²) in [5, 5.41) is 3.31. The zero-order valence-electron chi connectivity index (χ0n) is 13.4. The van der Waals surface area contributed by atoms with Crippen LogP contribution >= 0.6 is 0 Å². The third-order valence-corrected chi connectivity index (χ3v) is 4.15. The lowest BCUT2D eigenvalue weighted by atomic mass is 10.1. The van der Waals surface area contributed by atoms with Crippen LogP contribution in [0, 0.1) is 0 Å². The van der Waals surface area contributed by atoms with Gasteiger partial charge in [0.05, 0.1) is 6.61 Å². The number of methoxy groups -OCH3 is 1. The van der Waals surface area contributed by atoms with E-state index in [1.807, 2.05) is 47.4 Å². The molecule has 1 aliphatic rings. The average molecular weight is 310 g/mol. The fourth-order valence-electron chi connectivity index (χ4n) is 2.87. The molecule has 1 heterocycles. The van der Waals surface area contributed by atoms with Crippen LogP contribution in [0.15, 0.2) is 48.5 Å². The first-order valence-electron chi connectivity index (χ1n) is 7.92. The number of nitrogens with zero attached hydrogens (tertiary/aromatic N) is 1. The van der Waals surface area contributed by atoms with E-state index in [-0.39, 0.29) is 5.91 Å². The number of nitrogens with one attached hydrogen (secondary N) is 1. The lowest BCUT2D eigenvalue weighted by Crippen LogP contribution is -2.33. The number of benzene rings is 2. The van der Waals surface area contributed by atoms with Crippen LogP contribution in [0.1, 0.15) is 27.0 Å². The Labute approximate surface area is 137 Å². The monoisotopic (exact) mass is 310 g/mol. The molecule has 4 heteroatoms. The van der Waals surface area contributed by atoms with E-state index in [4.69, 9.17) is 4.74 Å². The second-order valence-corrected chi connectivity index (χ2v) is 5.79. The zero-order valence-corrected chi connectivity index (χ0v) is 13.4. The molecule has 3 rings (SSSR count). The van der Waals surface area contributed by atoms with Gasteiger partial charge in [-0.25, -0.2) is 0 Å². The number of hydrogen-bond donors (Lipinski definition) is 1. The fraction of sp³-hybridized carbons (Fsp3) is 0.316. The SMILES string of the molecule is COCCN(Cc1ccccc1)C(=O)c1ccc2c(c1)CNC2. The highest BCUT2D eigenvalue weighted by molar-refractivity contribution is 5.94. The number of rotatable bonds is 6. The Morgan fingerprint density at radius 2 is 1.91 bits per heavy atom. The van der Waals surface area contributed by atoms with Crippen LogP contribution in [0.25, 0.3) is 0 Å². The third-order valence-electron chi connectivity index (χ3n) is 4.15. The molecule has 0 spiro atoms. The van der Waals surface area contributed by atoms with E-state index < -0.39 is 0 Å². The predicted octanol–water partition coefficient (Wildman–Crippen LogP) is 2.58. The molecule has 0 saturated heterocycles. The average Bonchev–Trinajstić information content (AvgIpc) is 3.06. The second-order valence-electron chi connectivity index (χ2n) is 5.79. The fourth-order valence-corrected chi connectivity index (χ4v) is 2.87. The van der Waals surface area contributed by atoms with Gasteiger partial charge in [-0.05, 0) is 28.8 Å². The summed E-state index contributed by atoms with van der Waals surface area (Å²) in [6, 6.07) is 16.1. The molecule has 1 aliphatic heterocycles. The van der Waals surface area contributed by atoms with Gasteiger partial charge in [0, 0.05) is 38.9 Å². The van der Waals surface area contributed by atoms with Gasteiger partial charge in [0.15, 0.2) is 0 Å². The molecular weight excluding hydrogens is 288 g/mol. The molecule has 120 valence electrons. The number of ether oxygens (including phenoxy) is 1. The lowest BCUT2D eigenvalue weighted by Gasteiger charge is -2.23. The molecule has 2 aromatic rings. The maximum absolute atomic E-state index is 12.9. The van der Waals surface area contributed by atoms with Crippen molar-refractivity contribution in [3.05, 3.63) is 70.8 Å². The Morgan fingerprint density at radius 1 is 1.13 bits per heavy atom. The van der Waals surface area contributed by atoms with Crippen LogP contribution in [0.2, 0.25) is 0 Å². The molecule has 0 atom stereocenters. The van der Waals surface area contributed by atoms with Crippen molar-refractivity contribution in [2.45, 2.75) is 19.6 Å². The van der Waals surface area contributed by atoms with E-state index in [0.717, 1.165) is 24.2 Å². The van der Waals surface area contributed by atoms with E-state index >= 15 is 0 Å². The first kappa shape index (κ1) is 15.7. The van der Waals surface area contributed by atoms with Crippen molar-refractivity contribution >= 4 is 5.91 Å². The van der Waals surface area contributed by atoms with Gasteiger partial charge in [-0.2, -0.15) is 0 Å². The molecule has 4 nitrogen and oxygen atoms in total. The Hall–Kier alpha value is -2.17. The molecule has 0 saturated carbocycles. The Kier molecular flexibility index (Phi) is 5.05. The molecule has 0 fully saturated rings. The highest BCUT2D eigenvalue weighted by atomic mass is 16.5. The first-order chi connectivity index (χ1) is 11.3. The summed E-state index contributed by atoms with van der Waals surface area (Å²) >= 11 is 0. The van der Waals surface area contributed by atoms with Crippen molar-refractivity contribution < 1.29 is 9.53 Å². The Balaban J connectivity index is 1.79. The number of fused-ring (bicyclic) bond motifs is 1. The van der Waals surface area contributed by atoms with Gasteiger partial charge in [0.2, 0.25) is 0 Å². The molecule has 2 aromatic carbocycles. The number of amides is 1. The molecule has 0 radical (unpaired) electrons. The molecule has 0 unspecified atom stereocenters. The smallest absolute Gasteiger partial charge is 0.254 e. The van der Waals surface area contributed by atoms with Gasteiger partial charge in [-0.1, -0.05) is 36.4 Å². The van der Waals surface area contributed by atoms with Gasteiger partial charge in [-0.15, -0.1) is 0 Å². The number of hydrogen-bond acceptors (Lipinski definition) is 3. The summed E-state index contributed by atoms with van der Waals surface area (Å²) in [6.45, 7) is 3.44. The molecule has 1 N–H and O–H groups in total. The van der Waals surface area contributed by atoms with Crippen molar-refractivity contribution in [3.63, 3.8) is 0 Å². The highest BCUT2D eigenvalue weighted by Gasteiger charge is 2.18. The van der Waals surface area contributed by atoms with E-state index in [1.165, 1.54) is 11.1 Å². The van der Waals surface area contributed by atoms with E-state index in [2.05, 4.69) is 11.4 Å². The Bertz CT molecular complexity index is 670. The minimum absolute atomic E-state index is 0.0561. The molecule has 0 aliphatic carbocycles. The molecular formula is C19H22N2O2. The molecule has 1 amide bonds. The minimum atomic E-state index is 0.0561. The van der Waals surface area contributed by atoms with Gasteiger partial charge in [0.25, 0.3) is 5.91 Å². The van der Waals surface area contributed by atoms with Crippen molar-refractivity contribution in [1.82, 2.24) is 10.2 Å². The van der Waals surface area contributed by atoms with Crippen LogP contribution in [-0.2, 0) is 24.4 Å². The molecule has 0 bridgehead atoms. The Morgan fingerprint density at radius 3 is 2.70 bits per heavy atom. The maximum atomic E-state index is 12.9. The topological polar surface area (TPSA) is 41.6 Å². The van der Waals surface area contributed by atoms with Crippen LogP contribution in [-0.4, -0.2) is 31.1 Å². The zero-order chi connectivity index (χ0) is 16.1. The van der Waals surface area contributed by atoms with Crippen LogP contribution in [0.4, 0.5) is 0 Å². The van der Waals surface area contributed by atoms with E-state index in [1.54, 1.807) is 7.11 Å². The second kappa shape index (κ2) is 7.40. The normalized spacial score (nSPS) is 12.9. The van der Waals surface area contributed by atoms with Gasteiger partial charge >= 0.3 is 0 Å². The van der Waals surface area contributed by atoms with Crippen molar-refractivity contribution in [2.75, 3.05) is 20.3 Å². The summed E-state index contributed by atoms with van der Waals surface area (Å²) in [5.74, 6) is 0.0561.